The molecule has 1 saturated carbocycles. The first-order valence-electron chi connectivity index (χ1n) is 29.4. The van der Waals surface area contributed by atoms with E-state index in [1.807, 2.05) is 0 Å². The van der Waals surface area contributed by atoms with Crippen LogP contribution in [0.1, 0.15) is 217 Å². The van der Waals surface area contributed by atoms with Gasteiger partial charge in [-0.25, -0.2) is 0 Å². The van der Waals surface area contributed by atoms with Gasteiger partial charge in [-0.1, -0.05) is 145 Å². The lowest BCUT2D eigenvalue weighted by atomic mass is 9.33. The van der Waals surface area contributed by atoms with Gasteiger partial charge >= 0.3 is 0 Å². The van der Waals surface area contributed by atoms with Gasteiger partial charge in [0.15, 0.2) is 0 Å². The van der Waals surface area contributed by atoms with Crippen molar-refractivity contribution < 1.29 is 0 Å². The Morgan fingerprint density at radius 1 is 0.360 bits per heavy atom. The summed E-state index contributed by atoms with van der Waals surface area (Å²) in [5.74, 6) is 0. The summed E-state index contributed by atoms with van der Waals surface area (Å²) in [5, 5.41) is 0. The Bertz CT molecular complexity index is 3450. The summed E-state index contributed by atoms with van der Waals surface area (Å²) in [6.45, 7) is 42.4. The van der Waals surface area contributed by atoms with Gasteiger partial charge in [0, 0.05) is 50.9 Å². The highest BCUT2D eigenvalue weighted by molar-refractivity contribution is 7.00. The topological polar surface area (TPSA) is 9.72 Å². The number of para-hydroxylation sites is 1. The fraction of sp³-hybridized carbons (Fsp3) is 0.493. The molecule has 1 fully saturated rings. The number of fused-ring (bicyclic) bond motifs is 10. The first kappa shape index (κ1) is 49.4. The highest BCUT2D eigenvalue weighted by atomic mass is 15.3. The maximum absolute atomic E-state index is 2.81. The molecule has 0 aromatic heterocycles. The molecule has 0 N–H and O–H groups in total. The van der Waals surface area contributed by atoms with Gasteiger partial charge in [0.1, 0.15) is 0 Å². The van der Waals surface area contributed by atoms with Gasteiger partial charge in [-0.15, -0.1) is 0 Å². The fourth-order valence-corrected chi connectivity index (χ4v) is 16.8. The van der Waals surface area contributed by atoms with Crippen LogP contribution in [0.5, 0.6) is 0 Å². The van der Waals surface area contributed by atoms with Gasteiger partial charge in [-0.3, -0.25) is 0 Å². The van der Waals surface area contributed by atoms with Crippen molar-refractivity contribution in [2.24, 2.45) is 0 Å². The zero-order valence-corrected chi connectivity index (χ0v) is 49.2. The van der Waals surface area contributed by atoms with Crippen LogP contribution in [0.25, 0.3) is 0 Å². The Labute approximate surface area is 453 Å². The largest absolute Gasteiger partial charge is 0.334 e. The van der Waals surface area contributed by atoms with E-state index >= 15 is 0 Å². The lowest BCUT2D eigenvalue weighted by molar-refractivity contribution is 0.195. The molecule has 0 bridgehead atoms. The zero-order chi connectivity index (χ0) is 53.1. The van der Waals surface area contributed by atoms with E-state index in [-0.39, 0.29) is 50.2 Å². The highest BCUT2D eigenvalue weighted by Gasteiger charge is 2.58. The number of aryl methyl sites for hydroxylation is 3. The molecule has 2 atom stereocenters. The van der Waals surface area contributed by atoms with Crippen molar-refractivity contribution in [2.45, 2.75) is 225 Å². The van der Waals surface area contributed by atoms with Crippen molar-refractivity contribution in [1.29, 1.82) is 0 Å². The van der Waals surface area contributed by atoms with E-state index in [1.54, 1.807) is 0 Å². The highest BCUT2D eigenvalue weighted by Crippen LogP contribution is 2.62. The lowest BCUT2D eigenvalue weighted by Crippen LogP contribution is -2.62. The Morgan fingerprint density at radius 2 is 0.787 bits per heavy atom. The normalized spacial score (nSPS) is 25.2. The van der Waals surface area contributed by atoms with Gasteiger partial charge in [-0.05, 0) is 232 Å². The van der Waals surface area contributed by atoms with Crippen LogP contribution in [0.15, 0.2) is 91.0 Å². The van der Waals surface area contributed by atoms with E-state index in [0.717, 1.165) is 0 Å². The molecule has 4 heteroatoms. The molecular formula is C71H86BN3. The standard InChI is InChI=1S/C71H86BN3/c1-43-34-61-63-62(35-43)74(58-41-52-49(37-45(58)3)65(6,7)29-32-68(52,12)13)60-42-53-50(66(8,9)30-33-69(53,14)15)39-55(60)72(63)54-25-24-46(75-56-23-19-18-22-47(56)70(16)26-20-21-27-71(70,75)17)38-59(54)73(61)57-40-51-48(36-44(57)2)64(4,5)28-31-67(51,10)11/h18-19,22-25,34-42H,20-21,26-33H2,1-17H3. The van der Waals surface area contributed by atoms with Crippen molar-refractivity contribution in [2.75, 3.05) is 14.7 Å². The minimum atomic E-state index is -0.0480. The summed E-state index contributed by atoms with van der Waals surface area (Å²) in [5.41, 5.74) is 30.2. The molecule has 0 saturated heterocycles. The molecule has 6 aromatic rings. The summed E-state index contributed by atoms with van der Waals surface area (Å²) in [6, 6.07) is 38.3. The van der Waals surface area contributed by atoms with Crippen molar-refractivity contribution >= 4 is 68.6 Å². The molecule has 2 unspecified atom stereocenters. The van der Waals surface area contributed by atoms with E-state index in [4.69, 9.17) is 0 Å². The maximum atomic E-state index is 2.81. The Morgan fingerprint density at radius 3 is 1.29 bits per heavy atom. The molecule has 4 aliphatic carbocycles. The summed E-state index contributed by atoms with van der Waals surface area (Å²) in [4.78, 5) is 8.36. The predicted molar refractivity (Wildman–Crippen MR) is 323 cm³/mol. The monoisotopic (exact) mass is 992 g/mol. The molecule has 7 aliphatic rings. The van der Waals surface area contributed by atoms with Crippen LogP contribution in [-0.4, -0.2) is 12.3 Å². The van der Waals surface area contributed by atoms with E-state index in [9.17, 15) is 0 Å². The van der Waals surface area contributed by atoms with Crippen LogP contribution in [0.2, 0.25) is 0 Å². The molecule has 388 valence electrons. The fourth-order valence-electron chi connectivity index (χ4n) is 16.8. The third-order valence-electron chi connectivity index (χ3n) is 22.3. The summed E-state index contributed by atoms with van der Waals surface area (Å²) in [7, 11) is 0. The second-order valence-electron chi connectivity index (χ2n) is 29.9. The second kappa shape index (κ2) is 15.5. The summed E-state index contributed by atoms with van der Waals surface area (Å²) >= 11 is 0. The van der Waals surface area contributed by atoms with Gasteiger partial charge in [0.05, 0.1) is 5.54 Å². The van der Waals surface area contributed by atoms with Crippen LogP contribution < -0.4 is 31.1 Å². The van der Waals surface area contributed by atoms with Crippen LogP contribution in [0, 0.1) is 20.8 Å². The molecular weight excluding hydrogens is 906 g/mol. The van der Waals surface area contributed by atoms with Gasteiger partial charge < -0.3 is 14.7 Å². The molecule has 3 nitrogen and oxygen atoms in total. The van der Waals surface area contributed by atoms with E-state index in [2.05, 4.69) is 223 Å². The number of rotatable bonds is 3. The molecule has 0 spiro atoms. The second-order valence-corrected chi connectivity index (χ2v) is 29.9. The third kappa shape index (κ3) is 6.71. The molecule has 75 heavy (non-hydrogen) atoms. The van der Waals surface area contributed by atoms with Gasteiger partial charge in [-0.2, -0.15) is 0 Å². The summed E-state index contributed by atoms with van der Waals surface area (Å²) < 4.78 is 0. The van der Waals surface area contributed by atoms with Crippen molar-refractivity contribution in [3.8, 4) is 0 Å². The average molecular weight is 992 g/mol. The van der Waals surface area contributed by atoms with Crippen LogP contribution in [0.4, 0.5) is 45.5 Å². The average Bonchev–Trinajstić information content (AvgIpc) is 3.56. The molecule has 0 radical (unpaired) electrons. The molecule has 3 heterocycles. The number of anilines is 8. The van der Waals surface area contributed by atoms with E-state index in [0.29, 0.717) is 0 Å². The molecule has 6 aromatic carbocycles. The maximum Gasteiger partial charge on any atom is 0.252 e. The zero-order valence-electron chi connectivity index (χ0n) is 49.2. The number of hydrogen-bond donors (Lipinski definition) is 0. The summed E-state index contributed by atoms with van der Waals surface area (Å²) in [6.07, 6.45) is 12.1. The Kier molecular flexibility index (Phi) is 10.2. The van der Waals surface area contributed by atoms with E-state index < -0.39 is 0 Å². The Balaban J connectivity index is 1.14. The van der Waals surface area contributed by atoms with Crippen LogP contribution in [-0.2, 0) is 37.9 Å². The Hall–Kier alpha value is -5.22. The lowest BCUT2D eigenvalue weighted by Gasteiger charge is -2.51. The molecule has 0 amide bonds. The number of benzene rings is 6. The van der Waals surface area contributed by atoms with Crippen molar-refractivity contribution in [3.05, 3.63) is 147 Å². The molecule has 13 rings (SSSR count). The minimum absolute atomic E-state index is 0.0382. The first-order valence-corrected chi connectivity index (χ1v) is 29.4. The SMILES string of the molecule is Cc1cc2c3c(c1)N(c1cc4c(cc1C)C(C)(C)CCC4(C)C)c1cc4c(cc1B3c1ccc(N3c5ccccc5C5(C)CCCCC35C)cc1N2c1cc2c(cc1C)C(C)(C)CCC2(C)C)C(C)(C)CCC4(C)C. The smallest absolute Gasteiger partial charge is 0.252 e. The molecule has 3 aliphatic heterocycles. The third-order valence-corrected chi connectivity index (χ3v) is 22.3. The number of nitrogens with zero attached hydrogens (tertiary/aromatic N) is 3. The van der Waals surface area contributed by atoms with Crippen LogP contribution >= 0.6 is 0 Å². The quantitative estimate of drug-likeness (QED) is 0.163. The van der Waals surface area contributed by atoms with Gasteiger partial charge in [0.2, 0.25) is 0 Å². The minimum Gasteiger partial charge on any atom is -0.334 e. The van der Waals surface area contributed by atoms with Crippen molar-refractivity contribution in [3.63, 3.8) is 0 Å². The van der Waals surface area contributed by atoms with Crippen LogP contribution in [0.3, 0.4) is 0 Å². The van der Waals surface area contributed by atoms with E-state index in [1.165, 1.54) is 182 Å². The van der Waals surface area contributed by atoms with Crippen molar-refractivity contribution in [1.82, 2.24) is 0 Å². The van der Waals surface area contributed by atoms with Gasteiger partial charge in [0.25, 0.3) is 6.71 Å². The first-order chi connectivity index (χ1) is 35.1. The number of hydrogen-bond acceptors (Lipinski definition) is 3. The predicted octanol–water partition coefficient (Wildman–Crippen LogP) is 17.5.